The van der Waals surface area contributed by atoms with E-state index in [2.05, 4.69) is 57.9 Å². The summed E-state index contributed by atoms with van der Waals surface area (Å²) in [5.41, 5.74) is 0.978. The molecule has 8 nitrogen and oxygen atoms in total. The van der Waals surface area contributed by atoms with Crippen molar-refractivity contribution in [2.24, 2.45) is 5.10 Å². The standard InChI is InChI=1S/C24H24Br3N3O5/c1-5-7-19-29-17-9-8-15(25)11-16(17)23(31)30(19)28-12-14-10-18(33-4)22(21(27)20(14)26)35-13(3)24(32)34-6-2/h8-13H,5-7H2,1-4H3/t13-/m0/s1. The van der Waals surface area contributed by atoms with E-state index in [0.717, 1.165) is 10.9 Å². The van der Waals surface area contributed by atoms with Crippen LogP contribution in [0.25, 0.3) is 10.9 Å². The maximum absolute atomic E-state index is 13.2. The molecule has 0 spiro atoms. The SMILES string of the molecule is CCCc1nc2ccc(Br)cc2c(=O)n1N=Cc1cc(OC)c(O[C@@H](C)C(=O)OCC)c(Br)c1Br. The van der Waals surface area contributed by atoms with Crippen LogP contribution >= 0.6 is 47.8 Å². The minimum absolute atomic E-state index is 0.254. The fourth-order valence-corrected chi connectivity index (χ4v) is 4.54. The predicted molar refractivity (Wildman–Crippen MR) is 146 cm³/mol. The van der Waals surface area contributed by atoms with Gasteiger partial charge in [-0.25, -0.2) is 9.78 Å². The molecule has 2 aromatic carbocycles. The quantitative estimate of drug-likeness (QED) is 0.209. The van der Waals surface area contributed by atoms with Crippen LogP contribution in [0.4, 0.5) is 0 Å². The van der Waals surface area contributed by atoms with Gasteiger partial charge in [0.15, 0.2) is 17.6 Å². The fraction of sp³-hybridized carbons (Fsp3) is 0.333. The Morgan fingerprint density at radius 2 is 1.94 bits per heavy atom. The Balaban J connectivity index is 2.06. The molecule has 3 aromatic rings. The first-order valence-electron chi connectivity index (χ1n) is 10.9. The van der Waals surface area contributed by atoms with Crippen molar-refractivity contribution in [2.75, 3.05) is 13.7 Å². The predicted octanol–water partition coefficient (Wildman–Crippen LogP) is 5.86. The summed E-state index contributed by atoms with van der Waals surface area (Å²) >= 11 is 10.5. The Bertz CT molecular complexity index is 1340. The fourth-order valence-electron chi connectivity index (χ4n) is 3.26. The molecule has 0 aliphatic carbocycles. The summed E-state index contributed by atoms with van der Waals surface area (Å²) in [5.74, 6) is 0.785. The molecule has 11 heteroatoms. The number of aryl methyl sites for hydroxylation is 1. The van der Waals surface area contributed by atoms with Gasteiger partial charge in [-0.2, -0.15) is 9.78 Å². The molecule has 0 amide bonds. The van der Waals surface area contributed by atoms with Crippen LogP contribution in [0, 0.1) is 0 Å². The van der Waals surface area contributed by atoms with Crippen molar-refractivity contribution < 1.29 is 19.0 Å². The summed E-state index contributed by atoms with van der Waals surface area (Å²) in [7, 11) is 1.49. The van der Waals surface area contributed by atoms with Crippen LogP contribution in [0.3, 0.4) is 0 Å². The highest BCUT2D eigenvalue weighted by Gasteiger charge is 2.23. The van der Waals surface area contributed by atoms with E-state index in [0.29, 0.717) is 49.2 Å². The lowest BCUT2D eigenvalue weighted by Crippen LogP contribution is -2.26. The van der Waals surface area contributed by atoms with Crippen LogP contribution in [0.5, 0.6) is 11.5 Å². The van der Waals surface area contributed by atoms with Gasteiger partial charge in [0.2, 0.25) is 0 Å². The van der Waals surface area contributed by atoms with Crippen molar-refractivity contribution in [3.8, 4) is 11.5 Å². The van der Waals surface area contributed by atoms with Crippen molar-refractivity contribution in [2.45, 2.75) is 39.7 Å². The maximum Gasteiger partial charge on any atom is 0.347 e. The minimum atomic E-state index is -0.843. The minimum Gasteiger partial charge on any atom is -0.493 e. The van der Waals surface area contributed by atoms with Crippen molar-refractivity contribution in [1.82, 2.24) is 9.66 Å². The smallest absolute Gasteiger partial charge is 0.347 e. The average molecular weight is 674 g/mol. The number of halogens is 3. The van der Waals surface area contributed by atoms with E-state index < -0.39 is 12.1 Å². The highest BCUT2D eigenvalue weighted by molar-refractivity contribution is 9.13. The molecule has 35 heavy (non-hydrogen) atoms. The molecular formula is C24H24Br3N3O5. The van der Waals surface area contributed by atoms with Crippen LogP contribution in [-0.2, 0) is 16.0 Å². The molecule has 0 unspecified atom stereocenters. The first kappa shape index (κ1) is 27.3. The Morgan fingerprint density at radius 1 is 1.20 bits per heavy atom. The van der Waals surface area contributed by atoms with Crippen LogP contribution in [0.2, 0.25) is 0 Å². The van der Waals surface area contributed by atoms with E-state index in [1.165, 1.54) is 11.8 Å². The van der Waals surface area contributed by atoms with Crippen LogP contribution in [0.15, 0.2) is 47.6 Å². The third kappa shape index (κ3) is 6.13. The van der Waals surface area contributed by atoms with E-state index >= 15 is 0 Å². The third-order valence-corrected chi connectivity index (χ3v) is 7.59. The molecule has 1 heterocycles. The zero-order valence-corrected chi connectivity index (χ0v) is 24.4. The first-order valence-corrected chi connectivity index (χ1v) is 13.2. The molecule has 0 aliphatic heterocycles. The zero-order valence-electron chi connectivity index (χ0n) is 19.6. The Labute approximate surface area is 228 Å². The van der Waals surface area contributed by atoms with Gasteiger partial charge < -0.3 is 14.2 Å². The topological polar surface area (TPSA) is 92.0 Å². The lowest BCUT2D eigenvalue weighted by Gasteiger charge is -2.18. The summed E-state index contributed by atoms with van der Waals surface area (Å²) in [4.78, 5) is 29.9. The van der Waals surface area contributed by atoms with E-state index in [-0.39, 0.29) is 12.2 Å². The molecule has 3 rings (SSSR count). The van der Waals surface area contributed by atoms with E-state index in [4.69, 9.17) is 14.2 Å². The molecule has 0 aliphatic rings. The second-order valence-corrected chi connectivity index (χ2v) is 9.94. The van der Waals surface area contributed by atoms with E-state index in [1.54, 1.807) is 32.2 Å². The summed E-state index contributed by atoms with van der Waals surface area (Å²) < 4.78 is 19.6. The lowest BCUT2D eigenvalue weighted by atomic mass is 10.2. The van der Waals surface area contributed by atoms with Gasteiger partial charge >= 0.3 is 5.97 Å². The van der Waals surface area contributed by atoms with Crippen molar-refractivity contribution >= 4 is 70.9 Å². The summed E-state index contributed by atoms with van der Waals surface area (Å²) in [6.45, 7) is 5.59. The highest BCUT2D eigenvalue weighted by atomic mass is 79.9. The number of nitrogens with zero attached hydrogens (tertiary/aromatic N) is 3. The van der Waals surface area contributed by atoms with Crippen LogP contribution < -0.4 is 15.0 Å². The van der Waals surface area contributed by atoms with Crippen LogP contribution in [-0.4, -0.2) is 41.7 Å². The molecule has 0 saturated carbocycles. The molecule has 0 N–H and O–H groups in total. The second kappa shape index (κ2) is 12.1. The Morgan fingerprint density at radius 3 is 2.60 bits per heavy atom. The number of hydrogen-bond donors (Lipinski definition) is 0. The first-order chi connectivity index (χ1) is 16.7. The third-order valence-electron chi connectivity index (χ3n) is 4.95. The molecule has 1 aromatic heterocycles. The average Bonchev–Trinajstić information content (AvgIpc) is 2.83. The van der Waals surface area contributed by atoms with Crippen LogP contribution in [0.1, 0.15) is 38.6 Å². The number of methoxy groups -OCH3 is 1. The van der Waals surface area contributed by atoms with Gasteiger partial charge in [-0.1, -0.05) is 22.9 Å². The van der Waals surface area contributed by atoms with Gasteiger partial charge in [-0.05, 0) is 76.4 Å². The largest absolute Gasteiger partial charge is 0.493 e. The summed E-state index contributed by atoms with van der Waals surface area (Å²) in [6.07, 6.45) is 2.09. The van der Waals surface area contributed by atoms with Crippen molar-refractivity contribution in [1.29, 1.82) is 0 Å². The number of aromatic nitrogens is 2. The molecule has 0 fully saturated rings. The lowest BCUT2D eigenvalue weighted by molar-refractivity contribution is -0.150. The number of carbonyl (C=O) groups is 1. The number of esters is 1. The second-order valence-electron chi connectivity index (χ2n) is 7.44. The molecular weight excluding hydrogens is 650 g/mol. The summed E-state index contributed by atoms with van der Waals surface area (Å²) in [5, 5.41) is 4.94. The number of benzene rings is 2. The normalized spacial score (nSPS) is 12.2. The van der Waals surface area contributed by atoms with Gasteiger partial charge in [0.1, 0.15) is 5.82 Å². The van der Waals surface area contributed by atoms with Gasteiger partial charge in [0, 0.05) is 20.9 Å². The maximum atomic E-state index is 13.2. The highest BCUT2D eigenvalue weighted by Crippen LogP contribution is 2.42. The van der Waals surface area contributed by atoms with Gasteiger partial charge in [-0.15, -0.1) is 0 Å². The zero-order chi connectivity index (χ0) is 25.7. The van der Waals surface area contributed by atoms with E-state index in [9.17, 15) is 9.59 Å². The number of rotatable bonds is 9. The molecule has 0 radical (unpaired) electrons. The number of hydrogen-bond acceptors (Lipinski definition) is 7. The number of carbonyl (C=O) groups excluding carboxylic acids is 1. The van der Waals surface area contributed by atoms with Crippen molar-refractivity contribution in [3.63, 3.8) is 0 Å². The number of ether oxygens (including phenoxy) is 3. The Kier molecular flexibility index (Phi) is 9.48. The monoisotopic (exact) mass is 671 g/mol. The van der Waals surface area contributed by atoms with Gasteiger partial charge in [0.05, 0.1) is 35.3 Å². The van der Waals surface area contributed by atoms with Crippen molar-refractivity contribution in [3.05, 3.63) is 59.4 Å². The molecule has 186 valence electrons. The number of fused-ring (bicyclic) bond motifs is 1. The molecule has 1 atom stereocenters. The van der Waals surface area contributed by atoms with Gasteiger partial charge in [0.25, 0.3) is 5.56 Å². The van der Waals surface area contributed by atoms with E-state index in [1.807, 2.05) is 19.1 Å². The Hall–Kier alpha value is -2.24. The summed E-state index contributed by atoms with van der Waals surface area (Å²) in [6, 6.07) is 7.09. The molecule has 0 bridgehead atoms. The molecule has 0 saturated heterocycles. The van der Waals surface area contributed by atoms with Gasteiger partial charge in [-0.3, -0.25) is 4.79 Å².